The van der Waals surface area contributed by atoms with Crippen LogP contribution in [0.25, 0.3) is 0 Å². The number of anilines is 2. The number of nitrogens with one attached hydrogen (secondary N) is 1. The number of hydrogen-bond donors (Lipinski definition) is 2. The monoisotopic (exact) mass is 312 g/mol. The van der Waals surface area contributed by atoms with Crippen molar-refractivity contribution in [2.45, 2.75) is 19.4 Å². The van der Waals surface area contributed by atoms with Gasteiger partial charge in [-0.25, -0.2) is 0 Å². The molecule has 0 spiro atoms. The van der Waals surface area contributed by atoms with Crippen LogP contribution in [-0.2, 0) is 4.79 Å². The van der Waals surface area contributed by atoms with Gasteiger partial charge in [-0.3, -0.25) is 4.79 Å². The molecule has 0 aromatic heterocycles. The number of rotatable bonds is 4. The quantitative estimate of drug-likeness (QED) is 0.909. The maximum atomic E-state index is 11.8. The molecule has 0 radical (unpaired) electrons. The first kappa shape index (κ1) is 15.2. The summed E-state index contributed by atoms with van der Waals surface area (Å²) in [6.45, 7) is 2.13. The number of carbonyl (C=O) groups is 1. The molecule has 2 aromatic carbocycles. The summed E-state index contributed by atoms with van der Waals surface area (Å²) in [5.41, 5.74) is 2.48. The van der Waals surface area contributed by atoms with Crippen LogP contribution < -0.4 is 15.0 Å². The second-order valence-electron chi connectivity index (χ2n) is 5.59. The third-order valence-corrected chi connectivity index (χ3v) is 4.11. The van der Waals surface area contributed by atoms with Crippen molar-refractivity contribution in [1.82, 2.24) is 0 Å². The predicted octanol–water partition coefficient (Wildman–Crippen LogP) is 3.31. The Kier molecular flexibility index (Phi) is 4.10. The van der Waals surface area contributed by atoms with E-state index in [-0.39, 0.29) is 24.3 Å². The summed E-state index contributed by atoms with van der Waals surface area (Å²) in [6.07, 6.45) is 0.819. The summed E-state index contributed by atoms with van der Waals surface area (Å²) in [7, 11) is 1.74. The van der Waals surface area contributed by atoms with Crippen LogP contribution in [0.4, 0.5) is 11.4 Å². The van der Waals surface area contributed by atoms with Crippen molar-refractivity contribution in [3.63, 3.8) is 0 Å². The molecule has 1 amide bonds. The Bertz CT molecular complexity index is 730. The predicted molar refractivity (Wildman–Crippen MR) is 90.1 cm³/mol. The Hall–Kier alpha value is -2.69. The zero-order chi connectivity index (χ0) is 16.4. The number of phenols is 1. The molecule has 2 N–H and O–H groups in total. The molecule has 0 fully saturated rings. The highest BCUT2D eigenvalue weighted by Crippen LogP contribution is 2.36. The number of benzene rings is 2. The Morgan fingerprint density at radius 2 is 2.09 bits per heavy atom. The summed E-state index contributed by atoms with van der Waals surface area (Å²) >= 11 is 0. The largest absolute Gasteiger partial charge is 0.508 e. The van der Waals surface area contributed by atoms with Crippen molar-refractivity contribution in [1.29, 1.82) is 0 Å². The van der Waals surface area contributed by atoms with E-state index in [9.17, 15) is 9.90 Å². The summed E-state index contributed by atoms with van der Waals surface area (Å²) in [5, 5.41) is 13.5. The van der Waals surface area contributed by atoms with Crippen molar-refractivity contribution in [2.24, 2.45) is 0 Å². The topological polar surface area (TPSA) is 61.8 Å². The van der Waals surface area contributed by atoms with E-state index >= 15 is 0 Å². The highest BCUT2D eigenvalue weighted by atomic mass is 16.5. The second kappa shape index (κ2) is 6.20. The number of ether oxygens (including phenoxy) is 1. The molecule has 1 aliphatic rings. The van der Waals surface area contributed by atoms with Crippen molar-refractivity contribution in [3.8, 4) is 11.5 Å². The molecule has 0 bridgehead atoms. The van der Waals surface area contributed by atoms with Crippen molar-refractivity contribution < 1.29 is 14.6 Å². The SMILES string of the molecule is CC[C@@H](Nc1ccc2c(c1)N(C)C(=O)CO2)c1ccccc1O. The molecule has 0 unspecified atom stereocenters. The van der Waals surface area contributed by atoms with Crippen LogP contribution >= 0.6 is 0 Å². The summed E-state index contributed by atoms with van der Waals surface area (Å²) in [5.74, 6) is 0.913. The number of likely N-dealkylation sites (N-methyl/N-ethyl adjacent to an activating group) is 1. The van der Waals surface area contributed by atoms with E-state index in [2.05, 4.69) is 12.2 Å². The number of aromatic hydroxyl groups is 1. The lowest BCUT2D eigenvalue weighted by molar-refractivity contribution is -0.120. The van der Waals surface area contributed by atoms with E-state index in [1.807, 2.05) is 36.4 Å². The van der Waals surface area contributed by atoms with Crippen LogP contribution in [-0.4, -0.2) is 24.7 Å². The second-order valence-corrected chi connectivity index (χ2v) is 5.59. The zero-order valence-corrected chi connectivity index (χ0v) is 13.2. The lowest BCUT2D eigenvalue weighted by Gasteiger charge is -2.27. The van der Waals surface area contributed by atoms with Gasteiger partial charge in [-0.1, -0.05) is 25.1 Å². The smallest absolute Gasteiger partial charge is 0.264 e. The van der Waals surface area contributed by atoms with Gasteiger partial charge in [0.05, 0.1) is 11.7 Å². The minimum Gasteiger partial charge on any atom is -0.508 e. The number of para-hydroxylation sites is 1. The molecule has 1 atom stereocenters. The van der Waals surface area contributed by atoms with E-state index < -0.39 is 0 Å². The molecule has 1 heterocycles. The number of phenolic OH excluding ortho intramolecular Hbond substituents is 1. The van der Waals surface area contributed by atoms with E-state index in [1.54, 1.807) is 18.0 Å². The van der Waals surface area contributed by atoms with Crippen LogP contribution in [0.2, 0.25) is 0 Å². The van der Waals surface area contributed by atoms with Gasteiger partial charge < -0.3 is 20.1 Å². The third-order valence-electron chi connectivity index (χ3n) is 4.11. The summed E-state index contributed by atoms with van der Waals surface area (Å²) in [4.78, 5) is 13.4. The van der Waals surface area contributed by atoms with Gasteiger partial charge in [-0.05, 0) is 30.7 Å². The molecule has 5 nitrogen and oxygen atoms in total. The molecular weight excluding hydrogens is 292 g/mol. The normalized spacial score (nSPS) is 14.9. The maximum absolute atomic E-state index is 11.8. The molecule has 0 saturated carbocycles. The minimum atomic E-state index is -0.0672. The third kappa shape index (κ3) is 2.95. The van der Waals surface area contributed by atoms with Gasteiger partial charge in [-0.2, -0.15) is 0 Å². The number of carbonyl (C=O) groups excluding carboxylic acids is 1. The molecule has 5 heteroatoms. The Labute approximate surface area is 135 Å². The van der Waals surface area contributed by atoms with Crippen LogP contribution in [0.5, 0.6) is 11.5 Å². The number of fused-ring (bicyclic) bond motifs is 1. The highest BCUT2D eigenvalue weighted by molar-refractivity contribution is 5.97. The number of hydrogen-bond acceptors (Lipinski definition) is 4. The first-order chi connectivity index (χ1) is 11.1. The summed E-state index contributed by atoms with van der Waals surface area (Å²) in [6, 6.07) is 13.0. The first-order valence-electron chi connectivity index (χ1n) is 7.68. The van der Waals surface area contributed by atoms with Crippen molar-refractivity contribution in [3.05, 3.63) is 48.0 Å². The van der Waals surface area contributed by atoms with E-state index in [0.717, 1.165) is 23.4 Å². The lowest BCUT2D eigenvalue weighted by Crippen LogP contribution is -2.35. The van der Waals surface area contributed by atoms with Gasteiger partial charge in [0, 0.05) is 18.3 Å². The summed E-state index contributed by atoms with van der Waals surface area (Å²) < 4.78 is 5.44. The number of amides is 1. The van der Waals surface area contributed by atoms with Crippen LogP contribution in [0, 0.1) is 0 Å². The van der Waals surface area contributed by atoms with E-state index in [1.165, 1.54) is 0 Å². The lowest BCUT2D eigenvalue weighted by atomic mass is 10.0. The van der Waals surface area contributed by atoms with Crippen LogP contribution in [0.15, 0.2) is 42.5 Å². The average Bonchev–Trinajstić information content (AvgIpc) is 2.57. The molecule has 0 saturated heterocycles. The molecule has 0 aliphatic carbocycles. The van der Waals surface area contributed by atoms with Crippen molar-refractivity contribution >= 4 is 17.3 Å². The Morgan fingerprint density at radius 1 is 1.30 bits per heavy atom. The molecule has 2 aromatic rings. The highest BCUT2D eigenvalue weighted by Gasteiger charge is 2.23. The standard InChI is InChI=1S/C18H20N2O3/c1-3-14(13-6-4-5-7-16(13)21)19-12-8-9-17-15(10-12)20(2)18(22)11-23-17/h4-10,14,19,21H,3,11H2,1-2H3/t14-/m1/s1. The van der Waals surface area contributed by atoms with Gasteiger partial charge >= 0.3 is 0 Å². The average molecular weight is 312 g/mol. The minimum absolute atomic E-state index is 0.0141. The number of nitrogens with zero attached hydrogens (tertiary/aromatic N) is 1. The van der Waals surface area contributed by atoms with Gasteiger partial charge in [-0.15, -0.1) is 0 Å². The van der Waals surface area contributed by atoms with Crippen LogP contribution in [0.1, 0.15) is 24.9 Å². The molecule has 120 valence electrons. The Balaban J connectivity index is 1.88. The van der Waals surface area contributed by atoms with Crippen molar-refractivity contribution in [2.75, 3.05) is 23.9 Å². The molecule has 23 heavy (non-hydrogen) atoms. The van der Waals surface area contributed by atoms with E-state index in [4.69, 9.17) is 4.74 Å². The Morgan fingerprint density at radius 3 is 2.83 bits per heavy atom. The molecule has 3 rings (SSSR count). The molecular formula is C18H20N2O3. The fraction of sp³-hybridized carbons (Fsp3) is 0.278. The van der Waals surface area contributed by atoms with Gasteiger partial charge in [0.1, 0.15) is 11.5 Å². The fourth-order valence-corrected chi connectivity index (χ4v) is 2.75. The van der Waals surface area contributed by atoms with Crippen LogP contribution in [0.3, 0.4) is 0 Å². The van der Waals surface area contributed by atoms with Gasteiger partial charge in [0.25, 0.3) is 5.91 Å². The fourth-order valence-electron chi connectivity index (χ4n) is 2.75. The maximum Gasteiger partial charge on any atom is 0.264 e. The van der Waals surface area contributed by atoms with Gasteiger partial charge in [0.15, 0.2) is 6.61 Å². The van der Waals surface area contributed by atoms with E-state index in [0.29, 0.717) is 5.75 Å². The molecule has 1 aliphatic heterocycles. The first-order valence-corrected chi connectivity index (χ1v) is 7.68. The van der Waals surface area contributed by atoms with Gasteiger partial charge in [0.2, 0.25) is 0 Å². The zero-order valence-electron chi connectivity index (χ0n) is 13.2.